The summed E-state index contributed by atoms with van der Waals surface area (Å²) in [6.45, 7) is 0. The van der Waals surface area contributed by atoms with E-state index in [4.69, 9.17) is 10.1 Å². The predicted molar refractivity (Wildman–Crippen MR) is 144 cm³/mol. The van der Waals surface area contributed by atoms with Gasteiger partial charge in [0.25, 0.3) is 0 Å². The van der Waals surface area contributed by atoms with Crippen LogP contribution in [0.15, 0.2) is 140 Å². The Balaban J connectivity index is 1.54. The molecule has 0 unspecified atom stereocenters. The third-order valence-corrected chi connectivity index (χ3v) is 7.15. The smallest absolute Gasteiger partial charge is 0.108 e. The molecule has 0 amide bonds. The molecule has 7 rings (SSSR count). The highest BCUT2D eigenvalue weighted by atomic mass is 15.3. The Labute approximate surface area is 210 Å². The molecule has 6 aromatic rings. The van der Waals surface area contributed by atoms with E-state index >= 15 is 0 Å². The molecule has 1 aliphatic rings. The van der Waals surface area contributed by atoms with Crippen LogP contribution in [0.5, 0.6) is 0 Å². The third kappa shape index (κ3) is 2.99. The predicted octanol–water partition coefficient (Wildman–Crippen LogP) is 7.30. The van der Waals surface area contributed by atoms with Crippen LogP contribution in [-0.2, 0) is 5.41 Å². The molecule has 0 fully saturated rings. The summed E-state index contributed by atoms with van der Waals surface area (Å²) in [4.78, 5) is 5.30. The van der Waals surface area contributed by atoms with E-state index in [0.717, 1.165) is 28.3 Å². The monoisotopic (exact) mass is 461 g/mol. The quantitative estimate of drug-likeness (QED) is 0.275. The summed E-state index contributed by atoms with van der Waals surface area (Å²) < 4.78 is 1.96. The summed E-state index contributed by atoms with van der Waals surface area (Å²) in [5.41, 5.74) is 9.28. The molecule has 2 heterocycles. The van der Waals surface area contributed by atoms with E-state index < -0.39 is 5.41 Å². The minimum absolute atomic E-state index is 0.627. The molecule has 36 heavy (non-hydrogen) atoms. The van der Waals surface area contributed by atoms with Crippen LogP contribution >= 0.6 is 0 Å². The highest BCUT2D eigenvalue weighted by Crippen LogP contribution is 2.55. The van der Waals surface area contributed by atoms with Crippen LogP contribution in [0, 0.1) is 0 Å². The maximum Gasteiger partial charge on any atom is 0.108 e. The number of pyridine rings is 1. The van der Waals surface area contributed by atoms with Crippen molar-refractivity contribution >= 4 is 0 Å². The van der Waals surface area contributed by atoms with Crippen LogP contribution in [0.25, 0.3) is 28.1 Å². The van der Waals surface area contributed by atoms with Gasteiger partial charge in [-0.05, 0) is 52.6 Å². The lowest BCUT2D eigenvalue weighted by molar-refractivity contribution is 0.685. The highest BCUT2D eigenvalue weighted by Gasteiger charge is 2.48. The summed E-state index contributed by atoms with van der Waals surface area (Å²) >= 11 is 0. The Morgan fingerprint density at radius 2 is 1.11 bits per heavy atom. The number of hydrogen-bond donors (Lipinski definition) is 0. The van der Waals surface area contributed by atoms with Crippen molar-refractivity contribution in [2.75, 3.05) is 0 Å². The number of rotatable bonds is 4. The summed E-state index contributed by atoms with van der Waals surface area (Å²) in [5, 5.41) is 5.19. The second-order valence-corrected chi connectivity index (χ2v) is 9.10. The summed E-state index contributed by atoms with van der Waals surface area (Å²) in [7, 11) is 0. The van der Waals surface area contributed by atoms with Crippen LogP contribution in [-0.4, -0.2) is 14.8 Å². The topological polar surface area (TPSA) is 30.7 Å². The maximum absolute atomic E-state index is 5.30. The van der Waals surface area contributed by atoms with Crippen molar-refractivity contribution in [3.8, 4) is 28.1 Å². The van der Waals surface area contributed by atoms with Gasteiger partial charge in [0.2, 0.25) is 0 Å². The normalized spacial score (nSPS) is 13.2. The fourth-order valence-electron chi connectivity index (χ4n) is 5.58. The van der Waals surface area contributed by atoms with Gasteiger partial charge < -0.3 is 0 Å². The van der Waals surface area contributed by atoms with Crippen molar-refractivity contribution in [1.29, 1.82) is 0 Å². The van der Waals surface area contributed by atoms with Crippen LogP contribution in [0.4, 0.5) is 0 Å². The Hall–Kier alpha value is -4.76. The van der Waals surface area contributed by atoms with Crippen molar-refractivity contribution in [3.63, 3.8) is 0 Å². The number of para-hydroxylation sites is 1. The second-order valence-electron chi connectivity index (χ2n) is 9.10. The second kappa shape index (κ2) is 8.17. The van der Waals surface area contributed by atoms with Gasteiger partial charge in [0.1, 0.15) is 5.41 Å². The number of nitrogens with zero attached hydrogens (tertiary/aromatic N) is 3. The molecular weight excluding hydrogens is 438 g/mol. The van der Waals surface area contributed by atoms with Crippen molar-refractivity contribution in [2.45, 2.75) is 5.41 Å². The van der Waals surface area contributed by atoms with Crippen LogP contribution < -0.4 is 0 Å². The fraction of sp³-hybridized carbons (Fsp3) is 0.0303. The van der Waals surface area contributed by atoms with Gasteiger partial charge in [0.05, 0.1) is 22.8 Å². The molecule has 170 valence electrons. The summed E-state index contributed by atoms with van der Waals surface area (Å²) in [5.74, 6) is 0. The van der Waals surface area contributed by atoms with Gasteiger partial charge in [-0.2, -0.15) is 5.10 Å². The Kier molecular flexibility index (Phi) is 4.68. The van der Waals surface area contributed by atoms with Crippen molar-refractivity contribution in [3.05, 3.63) is 162 Å². The molecule has 1 aliphatic carbocycles. The number of hydrogen-bond acceptors (Lipinski definition) is 2. The Bertz CT molecular complexity index is 1640. The molecule has 0 saturated carbocycles. The van der Waals surface area contributed by atoms with Crippen molar-refractivity contribution in [1.82, 2.24) is 14.8 Å². The van der Waals surface area contributed by atoms with Crippen molar-refractivity contribution in [2.24, 2.45) is 0 Å². The molecule has 0 saturated heterocycles. The molecule has 2 aromatic heterocycles. The van der Waals surface area contributed by atoms with Gasteiger partial charge in [-0.25, -0.2) is 4.68 Å². The molecule has 0 aliphatic heterocycles. The highest BCUT2D eigenvalue weighted by molar-refractivity contribution is 5.85. The van der Waals surface area contributed by atoms with Crippen molar-refractivity contribution < 1.29 is 0 Å². The van der Waals surface area contributed by atoms with E-state index in [0.29, 0.717) is 0 Å². The average molecular weight is 462 g/mol. The van der Waals surface area contributed by atoms with Gasteiger partial charge >= 0.3 is 0 Å². The number of benzene rings is 4. The van der Waals surface area contributed by atoms with E-state index in [2.05, 4.69) is 115 Å². The van der Waals surface area contributed by atoms with Gasteiger partial charge in [-0.15, -0.1) is 0 Å². The van der Waals surface area contributed by atoms with E-state index in [1.165, 1.54) is 22.3 Å². The first-order valence-electron chi connectivity index (χ1n) is 12.2. The molecule has 0 radical (unpaired) electrons. The molecule has 0 spiro atoms. The molecule has 3 nitrogen and oxygen atoms in total. The standard InChI is InChI=1S/C33H23N3/c1-3-12-24(13-4-1)30-20-11-21-31(34-30)33(32-22-23-36(35-32)25-14-5-2-6-15-25)28-18-9-7-16-26(28)27-17-8-10-19-29(27)33/h1-23H. The van der Waals surface area contributed by atoms with E-state index in [1.807, 2.05) is 28.9 Å². The minimum Gasteiger partial charge on any atom is -0.251 e. The van der Waals surface area contributed by atoms with Gasteiger partial charge in [0, 0.05) is 11.8 Å². The summed E-state index contributed by atoms with van der Waals surface area (Å²) in [6, 6.07) is 46.5. The van der Waals surface area contributed by atoms with E-state index in [-0.39, 0.29) is 0 Å². The first-order valence-corrected chi connectivity index (χ1v) is 12.2. The Morgan fingerprint density at radius 3 is 1.81 bits per heavy atom. The number of fused-ring (bicyclic) bond motifs is 3. The molecule has 0 N–H and O–H groups in total. The van der Waals surface area contributed by atoms with Gasteiger partial charge in [-0.3, -0.25) is 4.98 Å². The average Bonchev–Trinajstić information content (AvgIpc) is 3.56. The number of aromatic nitrogens is 3. The largest absolute Gasteiger partial charge is 0.251 e. The maximum atomic E-state index is 5.30. The molecule has 0 atom stereocenters. The zero-order valence-electron chi connectivity index (χ0n) is 19.6. The third-order valence-electron chi connectivity index (χ3n) is 7.15. The minimum atomic E-state index is -0.627. The summed E-state index contributed by atoms with van der Waals surface area (Å²) in [6.07, 6.45) is 2.05. The zero-order chi connectivity index (χ0) is 24.0. The first-order chi connectivity index (χ1) is 17.9. The van der Waals surface area contributed by atoms with Crippen LogP contribution in [0.1, 0.15) is 22.5 Å². The van der Waals surface area contributed by atoms with Gasteiger partial charge in [0.15, 0.2) is 0 Å². The van der Waals surface area contributed by atoms with E-state index in [9.17, 15) is 0 Å². The molecule has 0 bridgehead atoms. The molecular formula is C33H23N3. The fourth-order valence-corrected chi connectivity index (χ4v) is 5.58. The van der Waals surface area contributed by atoms with Crippen LogP contribution in [0.3, 0.4) is 0 Å². The SMILES string of the molecule is c1ccc(-c2cccc(C3(c4ccn(-c5ccccc5)n4)c4ccccc4-c4ccccc43)n2)cc1. The lowest BCUT2D eigenvalue weighted by Crippen LogP contribution is -2.30. The van der Waals surface area contributed by atoms with Gasteiger partial charge in [-0.1, -0.05) is 103 Å². The zero-order valence-corrected chi connectivity index (χ0v) is 19.6. The van der Waals surface area contributed by atoms with Crippen LogP contribution in [0.2, 0.25) is 0 Å². The lowest BCUT2D eigenvalue weighted by atomic mass is 9.72. The Morgan fingerprint density at radius 1 is 0.500 bits per heavy atom. The van der Waals surface area contributed by atoms with E-state index in [1.54, 1.807) is 0 Å². The first kappa shape index (κ1) is 20.6. The lowest BCUT2D eigenvalue weighted by Gasteiger charge is -2.30. The molecule has 3 heteroatoms. The molecule has 4 aromatic carbocycles.